The molecule has 2 aliphatic carbocycles. The Kier molecular flexibility index (Phi) is 2.73. The third-order valence-electron chi connectivity index (χ3n) is 4.35. The third-order valence-corrected chi connectivity index (χ3v) is 4.35. The molecule has 0 saturated carbocycles. The highest BCUT2D eigenvalue weighted by Gasteiger charge is 2.52. The number of hydrogen-bond acceptors (Lipinski definition) is 1. The Labute approximate surface area is 103 Å². The van der Waals surface area contributed by atoms with E-state index in [4.69, 9.17) is 6.57 Å². The molecule has 0 heterocycles. The lowest BCUT2D eigenvalue weighted by atomic mass is 9.71. The SMILES string of the molecule is [C-]#[N+][C@]1(C)CC=C(CC)C[C@]2(C)C(=O)CC=C21. The van der Waals surface area contributed by atoms with Gasteiger partial charge in [0.2, 0.25) is 0 Å². The van der Waals surface area contributed by atoms with E-state index in [1.165, 1.54) is 5.57 Å². The zero-order chi connectivity index (χ0) is 12.7. The van der Waals surface area contributed by atoms with Gasteiger partial charge >= 0.3 is 0 Å². The van der Waals surface area contributed by atoms with Gasteiger partial charge in [-0.2, -0.15) is 0 Å². The minimum Gasteiger partial charge on any atom is -0.306 e. The van der Waals surface area contributed by atoms with Gasteiger partial charge in [0.25, 0.3) is 5.54 Å². The summed E-state index contributed by atoms with van der Waals surface area (Å²) in [5.74, 6) is 0.281. The summed E-state index contributed by atoms with van der Waals surface area (Å²) in [5.41, 5.74) is 1.45. The van der Waals surface area contributed by atoms with Crippen molar-refractivity contribution in [2.75, 3.05) is 0 Å². The lowest BCUT2D eigenvalue weighted by molar-refractivity contribution is -0.124. The van der Waals surface area contributed by atoms with Crippen molar-refractivity contribution in [1.82, 2.24) is 0 Å². The molecule has 90 valence electrons. The van der Waals surface area contributed by atoms with Crippen molar-refractivity contribution >= 4 is 5.78 Å². The maximum absolute atomic E-state index is 12.2. The minimum atomic E-state index is -0.516. The molecule has 0 spiro atoms. The fourth-order valence-electron chi connectivity index (χ4n) is 3.16. The summed E-state index contributed by atoms with van der Waals surface area (Å²) in [4.78, 5) is 16.0. The van der Waals surface area contributed by atoms with Crippen LogP contribution in [-0.4, -0.2) is 11.3 Å². The van der Waals surface area contributed by atoms with Gasteiger partial charge in [-0.25, -0.2) is 6.57 Å². The average Bonchev–Trinajstić information content (AvgIpc) is 2.55. The van der Waals surface area contributed by atoms with E-state index in [0.717, 1.165) is 24.8 Å². The van der Waals surface area contributed by atoms with Crippen LogP contribution in [0.3, 0.4) is 0 Å². The van der Waals surface area contributed by atoms with E-state index in [2.05, 4.69) is 17.8 Å². The van der Waals surface area contributed by atoms with Crippen LogP contribution in [-0.2, 0) is 4.79 Å². The Morgan fingerprint density at radius 1 is 1.41 bits per heavy atom. The zero-order valence-electron chi connectivity index (χ0n) is 10.8. The molecule has 2 heteroatoms. The van der Waals surface area contributed by atoms with Crippen LogP contribution in [0.5, 0.6) is 0 Å². The van der Waals surface area contributed by atoms with Gasteiger partial charge in [0.15, 0.2) is 0 Å². The Bertz CT molecular complexity index is 466. The minimum absolute atomic E-state index is 0.281. The van der Waals surface area contributed by atoms with Crippen molar-refractivity contribution < 1.29 is 4.79 Å². The molecule has 0 fully saturated rings. The highest BCUT2D eigenvalue weighted by atomic mass is 16.1. The second kappa shape index (κ2) is 3.84. The molecule has 0 aromatic carbocycles. The number of carbonyl (C=O) groups is 1. The van der Waals surface area contributed by atoms with Crippen LogP contribution in [0.2, 0.25) is 0 Å². The first-order chi connectivity index (χ1) is 7.96. The number of allylic oxidation sites excluding steroid dienone is 2. The van der Waals surface area contributed by atoms with Crippen molar-refractivity contribution in [1.29, 1.82) is 0 Å². The molecule has 0 bridgehead atoms. The molecule has 2 nitrogen and oxygen atoms in total. The molecule has 0 aromatic rings. The molecule has 0 unspecified atom stereocenters. The van der Waals surface area contributed by atoms with Crippen molar-refractivity contribution in [3.63, 3.8) is 0 Å². The van der Waals surface area contributed by atoms with Gasteiger partial charge in [0.05, 0.1) is 5.41 Å². The largest absolute Gasteiger partial charge is 0.306 e. The van der Waals surface area contributed by atoms with E-state index in [1.54, 1.807) is 0 Å². The van der Waals surface area contributed by atoms with E-state index >= 15 is 0 Å². The summed E-state index contributed by atoms with van der Waals surface area (Å²) in [5, 5.41) is 0. The molecule has 2 rings (SSSR count). The lowest BCUT2D eigenvalue weighted by Gasteiger charge is -2.29. The van der Waals surface area contributed by atoms with E-state index < -0.39 is 11.0 Å². The smallest absolute Gasteiger partial charge is 0.255 e. The van der Waals surface area contributed by atoms with Crippen LogP contribution in [0.4, 0.5) is 0 Å². The van der Waals surface area contributed by atoms with Crippen molar-refractivity contribution in [2.24, 2.45) is 5.41 Å². The predicted molar refractivity (Wildman–Crippen MR) is 68.4 cm³/mol. The van der Waals surface area contributed by atoms with E-state index in [9.17, 15) is 4.79 Å². The fraction of sp³-hybridized carbons (Fsp3) is 0.600. The molecule has 0 N–H and O–H groups in total. The van der Waals surface area contributed by atoms with E-state index in [1.807, 2.05) is 19.9 Å². The topological polar surface area (TPSA) is 21.4 Å². The van der Waals surface area contributed by atoms with Crippen LogP contribution in [0, 0.1) is 12.0 Å². The first-order valence-corrected chi connectivity index (χ1v) is 6.27. The van der Waals surface area contributed by atoms with Crippen LogP contribution >= 0.6 is 0 Å². The molecule has 0 radical (unpaired) electrons. The molecule has 17 heavy (non-hydrogen) atoms. The summed E-state index contributed by atoms with van der Waals surface area (Å²) < 4.78 is 0. The Hall–Kier alpha value is -1.36. The number of carbonyl (C=O) groups excluding carboxylic acids is 1. The molecular weight excluding hydrogens is 210 g/mol. The number of hydrogen-bond donors (Lipinski definition) is 0. The van der Waals surface area contributed by atoms with Crippen molar-refractivity contribution in [3.05, 3.63) is 34.7 Å². The second-order valence-corrected chi connectivity index (χ2v) is 5.56. The standard InChI is InChI=1S/C15H19NO/c1-5-11-8-9-15(3,16-4)12-6-7-13(17)14(12,2)10-11/h6,8H,5,7,9-10H2,1-3H3/t14-,15+/m0/s1. The Morgan fingerprint density at radius 3 is 2.71 bits per heavy atom. The lowest BCUT2D eigenvalue weighted by Crippen LogP contribution is -2.34. The Balaban J connectivity index is 2.54. The van der Waals surface area contributed by atoms with Crippen LogP contribution in [0.25, 0.3) is 4.85 Å². The first kappa shape index (κ1) is 12.1. The van der Waals surface area contributed by atoms with Gasteiger partial charge in [0.1, 0.15) is 5.78 Å². The molecule has 0 saturated heterocycles. The van der Waals surface area contributed by atoms with Gasteiger partial charge < -0.3 is 4.85 Å². The molecular formula is C15H19NO. The van der Waals surface area contributed by atoms with Crippen molar-refractivity contribution in [3.8, 4) is 0 Å². The van der Waals surface area contributed by atoms with Gasteiger partial charge in [-0.3, -0.25) is 4.79 Å². The van der Waals surface area contributed by atoms with E-state index in [0.29, 0.717) is 6.42 Å². The average molecular weight is 229 g/mol. The van der Waals surface area contributed by atoms with Gasteiger partial charge in [-0.15, -0.1) is 0 Å². The predicted octanol–water partition coefficient (Wildman–Crippen LogP) is 3.70. The second-order valence-electron chi connectivity index (χ2n) is 5.56. The molecule has 0 amide bonds. The molecule has 2 aliphatic rings. The fourth-order valence-corrected chi connectivity index (χ4v) is 3.16. The first-order valence-electron chi connectivity index (χ1n) is 6.27. The number of nitrogens with zero attached hydrogens (tertiary/aromatic N) is 1. The van der Waals surface area contributed by atoms with Gasteiger partial charge in [-0.1, -0.05) is 24.6 Å². The maximum Gasteiger partial charge on any atom is 0.255 e. The highest BCUT2D eigenvalue weighted by Crippen LogP contribution is 2.50. The molecule has 2 atom stereocenters. The number of fused-ring (bicyclic) bond motifs is 1. The van der Waals surface area contributed by atoms with Crippen LogP contribution in [0.1, 0.15) is 46.5 Å². The normalized spacial score (nSPS) is 36.7. The maximum atomic E-state index is 12.2. The van der Waals surface area contributed by atoms with Gasteiger partial charge in [0, 0.05) is 25.3 Å². The highest BCUT2D eigenvalue weighted by molar-refractivity contribution is 5.93. The van der Waals surface area contributed by atoms with E-state index in [-0.39, 0.29) is 5.78 Å². The van der Waals surface area contributed by atoms with Crippen molar-refractivity contribution in [2.45, 2.75) is 52.0 Å². The Morgan fingerprint density at radius 2 is 2.12 bits per heavy atom. The summed E-state index contributed by atoms with van der Waals surface area (Å²) in [6.07, 6.45) is 7.22. The monoisotopic (exact) mass is 229 g/mol. The quantitative estimate of drug-likeness (QED) is 0.496. The van der Waals surface area contributed by atoms with Crippen LogP contribution < -0.4 is 0 Å². The molecule has 0 aliphatic heterocycles. The summed E-state index contributed by atoms with van der Waals surface area (Å²) in [6, 6.07) is 0. The number of Topliss-reactive ketones (excluding diaryl/α,β-unsaturated/α-hetero) is 1. The summed E-state index contributed by atoms with van der Waals surface area (Å²) in [7, 11) is 0. The number of rotatable bonds is 1. The van der Waals surface area contributed by atoms with Gasteiger partial charge in [-0.05, 0) is 19.8 Å². The number of ketones is 1. The molecule has 0 aromatic heterocycles. The zero-order valence-corrected chi connectivity index (χ0v) is 10.8. The summed E-state index contributed by atoms with van der Waals surface area (Å²) >= 11 is 0. The third kappa shape index (κ3) is 1.65. The van der Waals surface area contributed by atoms with Crippen LogP contribution in [0.15, 0.2) is 23.3 Å². The summed E-state index contributed by atoms with van der Waals surface area (Å²) in [6.45, 7) is 13.6.